The van der Waals surface area contributed by atoms with Crippen LogP contribution in [-0.2, 0) is 27.2 Å². The highest BCUT2D eigenvalue weighted by Gasteiger charge is 2.38. The van der Waals surface area contributed by atoms with Gasteiger partial charge in [-0.3, -0.25) is 9.59 Å². The van der Waals surface area contributed by atoms with Crippen LogP contribution in [0.4, 0.5) is 0 Å². The Bertz CT molecular complexity index is 683. The fraction of sp³-hybridized carbons (Fsp3) is 0.619. The number of fused-ring (bicyclic) bond motifs is 1. The van der Waals surface area contributed by atoms with Gasteiger partial charge in [-0.25, -0.2) is 0 Å². The molecule has 3 atom stereocenters. The van der Waals surface area contributed by atoms with Gasteiger partial charge < -0.3 is 20.3 Å². The van der Waals surface area contributed by atoms with Crippen LogP contribution in [0, 0.1) is 5.92 Å². The lowest BCUT2D eigenvalue weighted by atomic mass is 9.82. The molecule has 0 spiro atoms. The van der Waals surface area contributed by atoms with Crippen molar-refractivity contribution in [3.8, 4) is 0 Å². The molecular formula is C21H29N3O3. The zero-order valence-corrected chi connectivity index (χ0v) is 15.9. The lowest BCUT2D eigenvalue weighted by Gasteiger charge is -2.39. The number of benzene rings is 1. The first kappa shape index (κ1) is 18.4. The van der Waals surface area contributed by atoms with Crippen molar-refractivity contribution in [3.05, 3.63) is 35.4 Å². The molecule has 1 aliphatic heterocycles. The largest absolute Gasteiger partial charge is 0.380 e. The number of rotatable bonds is 4. The van der Waals surface area contributed by atoms with E-state index in [2.05, 4.69) is 34.9 Å². The molecule has 0 bridgehead atoms. The summed E-state index contributed by atoms with van der Waals surface area (Å²) in [5.74, 6) is 0.0445. The summed E-state index contributed by atoms with van der Waals surface area (Å²) in [5, 5.41) is 6.57. The summed E-state index contributed by atoms with van der Waals surface area (Å²) < 4.78 is 5.73. The van der Waals surface area contributed by atoms with Gasteiger partial charge in [0.25, 0.3) is 0 Å². The van der Waals surface area contributed by atoms with E-state index in [1.807, 2.05) is 0 Å². The number of hydrogen-bond donors (Lipinski definition) is 2. The summed E-state index contributed by atoms with van der Waals surface area (Å²) >= 11 is 0. The van der Waals surface area contributed by atoms with E-state index in [-0.39, 0.29) is 36.4 Å². The van der Waals surface area contributed by atoms with Gasteiger partial charge in [0.1, 0.15) is 0 Å². The highest BCUT2D eigenvalue weighted by molar-refractivity contribution is 5.87. The molecule has 1 saturated carbocycles. The van der Waals surface area contributed by atoms with Crippen LogP contribution in [0.5, 0.6) is 0 Å². The van der Waals surface area contributed by atoms with Crippen molar-refractivity contribution in [2.75, 3.05) is 26.7 Å². The van der Waals surface area contributed by atoms with Crippen LogP contribution in [-0.4, -0.2) is 61.6 Å². The number of amides is 2. The van der Waals surface area contributed by atoms with E-state index in [9.17, 15) is 9.59 Å². The van der Waals surface area contributed by atoms with Gasteiger partial charge in [-0.1, -0.05) is 24.3 Å². The van der Waals surface area contributed by atoms with Gasteiger partial charge in [-0.05, 0) is 43.2 Å². The van der Waals surface area contributed by atoms with Gasteiger partial charge in [0.05, 0.1) is 12.6 Å². The SMILES string of the molecule is CO[C@@H]1CC[C@H](C(=O)N2CCNC(=O)C2)C[C@H]1NC1Cc2ccccc2C1. The maximum Gasteiger partial charge on any atom is 0.239 e. The summed E-state index contributed by atoms with van der Waals surface area (Å²) in [4.78, 5) is 26.3. The average molecular weight is 371 g/mol. The number of hydrogen-bond acceptors (Lipinski definition) is 4. The molecule has 1 saturated heterocycles. The maximum absolute atomic E-state index is 12.9. The van der Waals surface area contributed by atoms with Crippen molar-refractivity contribution in [1.29, 1.82) is 0 Å². The number of piperazine rings is 1. The normalized spacial score (nSPS) is 28.7. The van der Waals surface area contributed by atoms with Gasteiger partial charge in [-0.15, -0.1) is 0 Å². The Hall–Kier alpha value is -1.92. The smallest absolute Gasteiger partial charge is 0.239 e. The molecular weight excluding hydrogens is 342 g/mol. The van der Waals surface area contributed by atoms with E-state index < -0.39 is 0 Å². The Kier molecular flexibility index (Phi) is 5.45. The molecule has 27 heavy (non-hydrogen) atoms. The highest BCUT2D eigenvalue weighted by Crippen LogP contribution is 2.30. The second-order valence-corrected chi connectivity index (χ2v) is 8.04. The lowest BCUT2D eigenvalue weighted by Crippen LogP contribution is -2.55. The molecule has 0 unspecified atom stereocenters. The molecule has 6 nitrogen and oxygen atoms in total. The minimum Gasteiger partial charge on any atom is -0.380 e. The van der Waals surface area contributed by atoms with Crippen LogP contribution in [0.3, 0.4) is 0 Å². The number of ether oxygens (including phenoxy) is 1. The number of carbonyl (C=O) groups is 2. The maximum atomic E-state index is 12.9. The standard InChI is InChI=1S/C21H29N3O3/c1-27-19-7-6-16(21(26)24-9-8-22-20(25)13-24)12-18(19)23-17-10-14-4-2-3-5-15(14)11-17/h2-5,16-19,23H,6-13H2,1H3,(H,22,25)/t16-,18+,19+/m0/s1. The quantitative estimate of drug-likeness (QED) is 0.825. The predicted octanol–water partition coefficient (Wildman–Crippen LogP) is 0.886. The summed E-state index contributed by atoms with van der Waals surface area (Å²) in [6, 6.07) is 9.20. The predicted molar refractivity (Wildman–Crippen MR) is 102 cm³/mol. The molecule has 2 fully saturated rings. The fourth-order valence-corrected chi connectivity index (χ4v) is 4.89. The third kappa shape index (κ3) is 4.01. The third-order valence-electron chi connectivity index (χ3n) is 6.29. The van der Waals surface area contributed by atoms with Gasteiger partial charge in [0.15, 0.2) is 0 Å². The monoisotopic (exact) mass is 371 g/mol. The minimum absolute atomic E-state index is 0.0245. The Balaban J connectivity index is 1.39. The second kappa shape index (κ2) is 7.98. The molecule has 146 valence electrons. The summed E-state index contributed by atoms with van der Waals surface area (Å²) in [7, 11) is 1.76. The van der Waals surface area contributed by atoms with E-state index in [1.54, 1.807) is 12.0 Å². The molecule has 6 heteroatoms. The first-order valence-corrected chi connectivity index (χ1v) is 10.0. The second-order valence-electron chi connectivity index (χ2n) is 8.04. The summed E-state index contributed by atoms with van der Waals surface area (Å²) in [5.41, 5.74) is 2.85. The van der Waals surface area contributed by atoms with Crippen LogP contribution in [0.1, 0.15) is 30.4 Å². The van der Waals surface area contributed by atoms with Crippen molar-refractivity contribution in [3.63, 3.8) is 0 Å². The lowest BCUT2D eigenvalue weighted by molar-refractivity contribution is -0.143. The van der Waals surface area contributed by atoms with Crippen molar-refractivity contribution in [2.45, 2.75) is 50.3 Å². The molecule has 3 aliphatic rings. The van der Waals surface area contributed by atoms with Crippen LogP contribution >= 0.6 is 0 Å². The van der Waals surface area contributed by atoms with Gasteiger partial charge in [0.2, 0.25) is 11.8 Å². The minimum atomic E-state index is -0.0569. The Morgan fingerprint density at radius 2 is 1.96 bits per heavy atom. The van der Waals surface area contributed by atoms with Crippen LogP contribution in [0.2, 0.25) is 0 Å². The molecule has 2 amide bonds. The van der Waals surface area contributed by atoms with Gasteiger partial charge >= 0.3 is 0 Å². The molecule has 0 aromatic heterocycles. The zero-order valence-electron chi connectivity index (χ0n) is 15.9. The number of methoxy groups -OCH3 is 1. The van der Waals surface area contributed by atoms with Gasteiger partial charge in [0, 0.05) is 38.2 Å². The molecule has 1 aromatic carbocycles. The van der Waals surface area contributed by atoms with E-state index in [4.69, 9.17) is 4.74 Å². The molecule has 1 aromatic rings. The molecule has 1 heterocycles. The van der Waals surface area contributed by atoms with Crippen molar-refractivity contribution in [1.82, 2.24) is 15.5 Å². The van der Waals surface area contributed by atoms with E-state index in [0.29, 0.717) is 19.1 Å². The zero-order chi connectivity index (χ0) is 18.8. The van der Waals surface area contributed by atoms with Crippen molar-refractivity contribution in [2.24, 2.45) is 5.92 Å². The van der Waals surface area contributed by atoms with Crippen molar-refractivity contribution >= 4 is 11.8 Å². The van der Waals surface area contributed by atoms with E-state index >= 15 is 0 Å². The van der Waals surface area contributed by atoms with E-state index in [0.717, 1.165) is 32.1 Å². The first-order chi connectivity index (χ1) is 13.1. The molecule has 2 aliphatic carbocycles. The number of nitrogens with one attached hydrogen (secondary N) is 2. The van der Waals surface area contributed by atoms with Crippen LogP contribution < -0.4 is 10.6 Å². The molecule has 0 radical (unpaired) electrons. The first-order valence-electron chi connectivity index (χ1n) is 10.0. The van der Waals surface area contributed by atoms with Crippen LogP contribution in [0.15, 0.2) is 24.3 Å². The van der Waals surface area contributed by atoms with E-state index in [1.165, 1.54) is 11.1 Å². The third-order valence-corrected chi connectivity index (χ3v) is 6.29. The Labute approximate surface area is 160 Å². The summed E-state index contributed by atoms with van der Waals surface area (Å²) in [6.07, 6.45) is 4.70. The summed E-state index contributed by atoms with van der Waals surface area (Å²) in [6.45, 7) is 1.36. The van der Waals surface area contributed by atoms with Crippen LogP contribution in [0.25, 0.3) is 0 Å². The Morgan fingerprint density at radius 1 is 1.22 bits per heavy atom. The topological polar surface area (TPSA) is 70.7 Å². The highest BCUT2D eigenvalue weighted by atomic mass is 16.5. The average Bonchev–Trinajstić information content (AvgIpc) is 3.09. The number of nitrogens with zero attached hydrogens (tertiary/aromatic N) is 1. The Morgan fingerprint density at radius 3 is 2.63 bits per heavy atom. The number of carbonyl (C=O) groups excluding carboxylic acids is 2. The fourth-order valence-electron chi connectivity index (χ4n) is 4.89. The van der Waals surface area contributed by atoms with Crippen molar-refractivity contribution < 1.29 is 14.3 Å². The molecule has 4 rings (SSSR count). The van der Waals surface area contributed by atoms with Gasteiger partial charge in [-0.2, -0.15) is 0 Å². The molecule has 2 N–H and O–H groups in total.